The van der Waals surface area contributed by atoms with E-state index in [0.717, 1.165) is 23.7 Å². The molecule has 0 radical (unpaired) electrons. The molecule has 0 aliphatic heterocycles. The zero-order valence-electron chi connectivity index (χ0n) is 11.9. The molecular weight excluding hydrogens is 297 g/mol. The SMILES string of the molecule is CCC(N)Cc1ccc2c(ccn2CCSC(F)(F)F)c1. The van der Waals surface area contributed by atoms with Gasteiger partial charge in [-0.15, -0.1) is 0 Å². The predicted molar refractivity (Wildman–Crippen MR) is 82.4 cm³/mol. The Morgan fingerprint density at radius 2 is 2.05 bits per heavy atom. The summed E-state index contributed by atoms with van der Waals surface area (Å²) in [6, 6.07) is 8.12. The molecule has 116 valence electrons. The number of nitrogens with two attached hydrogens (primary N) is 1. The molecule has 0 saturated carbocycles. The third-order valence-corrected chi connectivity index (χ3v) is 4.17. The van der Waals surface area contributed by atoms with Crippen molar-refractivity contribution < 1.29 is 13.2 Å². The van der Waals surface area contributed by atoms with Crippen LogP contribution in [0.5, 0.6) is 0 Å². The van der Waals surface area contributed by atoms with Gasteiger partial charge in [0.2, 0.25) is 0 Å². The molecule has 1 aromatic carbocycles. The molecule has 2 aromatic rings. The Bertz CT molecular complexity index is 592. The van der Waals surface area contributed by atoms with Gasteiger partial charge in [0.15, 0.2) is 0 Å². The summed E-state index contributed by atoms with van der Waals surface area (Å²) in [7, 11) is 0. The van der Waals surface area contributed by atoms with Crippen LogP contribution in [0.15, 0.2) is 30.5 Å². The minimum atomic E-state index is -4.16. The van der Waals surface area contributed by atoms with Crippen LogP contribution in [0, 0.1) is 0 Å². The Balaban J connectivity index is 2.06. The molecule has 1 unspecified atom stereocenters. The number of nitrogens with zero attached hydrogens (tertiary/aromatic N) is 1. The average molecular weight is 316 g/mol. The number of rotatable bonds is 6. The first-order chi connectivity index (χ1) is 9.89. The van der Waals surface area contributed by atoms with Crippen LogP contribution >= 0.6 is 11.8 Å². The maximum Gasteiger partial charge on any atom is 0.441 e. The van der Waals surface area contributed by atoms with E-state index >= 15 is 0 Å². The van der Waals surface area contributed by atoms with E-state index in [1.807, 2.05) is 29.0 Å². The normalized spacial score (nSPS) is 13.8. The molecule has 2 rings (SSSR count). The quantitative estimate of drug-likeness (QED) is 0.867. The van der Waals surface area contributed by atoms with Crippen LogP contribution in [0.2, 0.25) is 0 Å². The van der Waals surface area contributed by atoms with E-state index in [-0.39, 0.29) is 23.6 Å². The number of hydrogen-bond acceptors (Lipinski definition) is 2. The van der Waals surface area contributed by atoms with E-state index in [0.29, 0.717) is 6.54 Å². The number of thioether (sulfide) groups is 1. The van der Waals surface area contributed by atoms with E-state index in [1.165, 1.54) is 5.56 Å². The Labute approximate surface area is 126 Å². The summed E-state index contributed by atoms with van der Waals surface area (Å²) < 4.78 is 38.3. The molecule has 0 saturated heterocycles. The zero-order chi connectivity index (χ0) is 15.5. The van der Waals surface area contributed by atoms with Crippen LogP contribution in [-0.4, -0.2) is 21.9 Å². The van der Waals surface area contributed by atoms with Gasteiger partial charge in [0.25, 0.3) is 0 Å². The first-order valence-corrected chi connectivity index (χ1v) is 7.91. The summed E-state index contributed by atoms with van der Waals surface area (Å²) in [5.74, 6) is 0.0236. The van der Waals surface area contributed by atoms with E-state index in [4.69, 9.17) is 5.73 Å². The van der Waals surface area contributed by atoms with Crippen molar-refractivity contribution >= 4 is 22.7 Å². The number of aryl methyl sites for hydroxylation is 1. The maximum absolute atomic E-state index is 12.1. The number of alkyl halides is 3. The van der Waals surface area contributed by atoms with E-state index in [9.17, 15) is 13.2 Å². The van der Waals surface area contributed by atoms with Crippen molar-refractivity contribution in [3.8, 4) is 0 Å². The Morgan fingerprint density at radius 3 is 2.71 bits per heavy atom. The summed E-state index contributed by atoms with van der Waals surface area (Å²) in [4.78, 5) is 0. The maximum atomic E-state index is 12.1. The van der Waals surface area contributed by atoms with Gasteiger partial charge in [0.05, 0.1) is 0 Å². The van der Waals surface area contributed by atoms with Crippen molar-refractivity contribution in [2.45, 2.75) is 37.9 Å². The summed E-state index contributed by atoms with van der Waals surface area (Å²) in [6.45, 7) is 2.40. The van der Waals surface area contributed by atoms with E-state index in [2.05, 4.69) is 13.0 Å². The second kappa shape index (κ2) is 6.75. The molecule has 6 heteroatoms. The van der Waals surface area contributed by atoms with Crippen LogP contribution in [0.3, 0.4) is 0 Å². The topological polar surface area (TPSA) is 30.9 Å². The van der Waals surface area contributed by atoms with Gasteiger partial charge in [0.1, 0.15) is 0 Å². The molecule has 0 spiro atoms. The standard InChI is InChI=1S/C15H19F3N2S/c1-2-13(19)10-11-3-4-14-12(9-11)5-6-20(14)7-8-21-15(16,17)18/h3-6,9,13H,2,7-8,10,19H2,1H3. The number of hydrogen-bond donors (Lipinski definition) is 1. The molecule has 0 fully saturated rings. The molecule has 0 aliphatic carbocycles. The first kappa shape index (κ1) is 16.2. The Morgan fingerprint density at radius 1 is 1.29 bits per heavy atom. The van der Waals surface area contributed by atoms with Gasteiger partial charge in [-0.2, -0.15) is 13.2 Å². The molecule has 1 heterocycles. The molecule has 1 atom stereocenters. The van der Waals surface area contributed by atoms with Crippen molar-refractivity contribution in [2.24, 2.45) is 5.73 Å². The summed E-state index contributed by atoms with van der Waals surface area (Å²) >= 11 is 0.0175. The number of fused-ring (bicyclic) bond motifs is 1. The van der Waals surface area contributed by atoms with Crippen LogP contribution in [0.25, 0.3) is 10.9 Å². The lowest BCUT2D eigenvalue weighted by atomic mass is 10.0. The Kier molecular flexibility index (Phi) is 5.22. The molecular formula is C15H19F3N2S. The zero-order valence-corrected chi connectivity index (χ0v) is 12.7. The highest BCUT2D eigenvalue weighted by Crippen LogP contribution is 2.30. The van der Waals surface area contributed by atoms with Crippen LogP contribution < -0.4 is 5.73 Å². The van der Waals surface area contributed by atoms with Gasteiger partial charge in [-0.05, 0) is 53.8 Å². The molecule has 2 nitrogen and oxygen atoms in total. The summed E-state index contributed by atoms with van der Waals surface area (Å²) in [6.07, 6.45) is 3.58. The second-order valence-electron chi connectivity index (χ2n) is 5.07. The smallest absolute Gasteiger partial charge is 0.347 e. The van der Waals surface area contributed by atoms with Gasteiger partial charge in [-0.25, -0.2) is 0 Å². The van der Waals surface area contributed by atoms with Crippen LogP contribution in [0.1, 0.15) is 18.9 Å². The third-order valence-electron chi connectivity index (χ3n) is 3.46. The Hall–Kier alpha value is -1.14. The van der Waals surface area contributed by atoms with Crippen molar-refractivity contribution in [1.29, 1.82) is 0 Å². The van der Waals surface area contributed by atoms with Gasteiger partial charge in [-0.1, -0.05) is 13.0 Å². The van der Waals surface area contributed by atoms with E-state index in [1.54, 1.807) is 0 Å². The number of aromatic nitrogens is 1. The summed E-state index contributed by atoms with van der Waals surface area (Å²) in [5.41, 5.74) is 3.92. The van der Waals surface area contributed by atoms with Crippen molar-refractivity contribution in [2.75, 3.05) is 5.75 Å². The fourth-order valence-corrected chi connectivity index (χ4v) is 2.80. The van der Waals surface area contributed by atoms with Gasteiger partial charge < -0.3 is 10.3 Å². The van der Waals surface area contributed by atoms with Crippen molar-refractivity contribution in [3.05, 3.63) is 36.0 Å². The molecule has 2 N–H and O–H groups in total. The fourth-order valence-electron chi connectivity index (χ4n) is 2.28. The minimum Gasteiger partial charge on any atom is -0.347 e. The third kappa shape index (κ3) is 4.68. The van der Waals surface area contributed by atoms with Crippen LogP contribution in [0.4, 0.5) is 13.2 Å². The highest BCUT2D eigenvalue weighted by atomic mass is 32.2. The predicted octanol–water partition coefficient (Wildman–Crippen LogP) is 4.17. The lowest BCUT2D eigenvalue weighted by Crippen LogP contribution is -2.21. The number of halogens is 3. The highest BCUT2D eigenvalue weighted by Gasteiger charge is 2.27. The first-order valence-electron chi connectivity index (χ1n) is 6.93. The molecule has 0 bridgehead atoms. The minimum absolute atomic E-state index is 0.0175. The monoisotopic (exact) mass is 316 g/mol. The highest BCUT2D eigenvalue weighted by molar-refractivity contribution is 8.00. The van der Waals surface area contributed by atoms with Crippen molar-refractivity contribution in [3.63, 3.8) is 0 Å². The summed E-state index contributed by atoms with van der Waals surface area (Å²) in [5, 5.41) is 1.05. The van der Waals surface area contributed by atoms with Gasteiger partial charge >= 0.3 is 5.51 Å². The molecule has 0 amide bonds. The molecule has 0 aliphatic rings. The van der Waals surface area contributed by atoms with Crippen molar-refractivity contribution in [1.82, 2.24) is 4.57 Å². The largest absolute Gasteiger partial charge is 0.441 e. The molecule has 21 heavy (non-hydrogen) atoms. The second-order valence-corrected chi connectivity index (χ2v) is 6.23. The fraction of sp³-hybridized carbons (Fsp3) is 0.467. The van der Waals surface area contributed by atoms with Crippen LogP contribution in [-0.2, 0) is 13.0 Å². The lowest BCUT2D eigenvalue weighted by Gasteiger charge is -2.10. The number of benzene rings is 1. The van der Waals surface area contributed by atoms with Gasteiger partial charge in [0, 0.05) is 30.1 Å². The molecule has 1 aromatic heterocycles. The van der Waals surface area contributed by atoms with Gasteiger partial charge in [-0.3, -0.25) is 0 Å². The van der Waals surface area contributed by atoms with E-state index < -0.39 is 5.51 Å². The lowest BCUT2D eigenvalue weighted by molar-refractivity contribution is -0.0328. The average Bonchev–Trinajstić information content (AvgIpc) is 2.80.